The number of ether oxygens (including phenoxy) is 2. The van der Waals surface area contributed by atoms with E-state index in [1.165, 1.54) is 7.11 Å². The largest absolute Gasteiger partial charge is 0.460 e. The first-order valence-corrected chi connectivity index (χ1v) is 10.9. The highest BCUT2D eigenvalue weighted by molar-refractivity contribution is 6.04. The Balaban J connectivity index is 1.84. The minimum absolute atomic E-state index is 0.116. The van der Waals surface area contributed by atoms with Crippen LogP contribution >= 0.6 is 0 Å². The summed E-state index contributed by atoms with van der Waals surface area (Å²) in [4.78, 5) is 39.6. The quantitative estimate of drug-likeness (QED) is 0.446. The number of hydrogen-bond acceptors (Lipinski definition) is 5. The molecule has 0 saturated carbocycles. The monoisotopic (exact) mass is 451 g/mol. The van der Waals surface area contributed by atoms with Crippen LogP contribution in [0.25, 0.3) is 0 Å². The van der Waals surface area contributed by atoms with Gasteiger partial charge in [-0.15, -0.1) is 0 Å². The number of benzene rings is 2. The van der Waals surface area contributed by atoms with Crippen LogP contribution in [-0.2, 0) is 14.3 Å². The molecule has 2 aromatic rings. The van der Waals surface area contributed by atoms with Crippen LogP contribution in [0.5, 0.6) is 0 Å². The van der Waals surface area contributed by atoms with E-state index in [4.69, 9.17) is 9.47 Å². The Bertz CT molecular complexity index is 1020. The van der Waals surface area contributed by atoms with Crippen molar-refractivity contribution in [1.29, 1.82) is 0 Å². The molecule has 8 heteroatoms. The number of allylic oxidation sites excluding steroid dienone is 1. The number of nitrogens with zero attached hydrogens (tertiary/aromatic N) is 1. The van der Waals surface area contributed by atoms with Crippen molar-refractivity contribution in [3.63, 3.8) is 0 Å². The van der Waals surface area contributed by atoms with Crippen molar-refractivity contribution in [2.24, 2.45) is 0 Å². The van der Waals surface area contributed by atoms with Gasteiger partial charge in [0.1, 0.15) is 6.61 Å². The maximum atomic E-state index is 12.9. The normalized spacial score (nSPS) is 15.8. The fourth-order valence-corrected chi connectivity index (χ4v) is 3.64. The van der Waals surface area contributed by atoms with Crippen LogP contribution in [0, 0.1) is 0 Å². The summed E-state index contributed by atoms with van der Waals surface area (Å²) in [5.74, 6) is -0.722. The Hall–Kier alpha value is -3.65. The van der Waals surface area contributed by atoms with Gasteiger partial charge in [-0.1, -0.05) is 37.3 Å². The van der Waals surface area contributed by atoms with Gasteiger partial charge in [0.2, 0.25) is 0 Å². The second-order valence-corrected chi connectivity index (χ2v) is 7.60. The number of hydrogen-bond donors (Lipinski definition) is 2. The topological polar surface area (TPSA) is 97.0 Å². The Morgan fingerprint density at radius 3 is 2.39 bits per heavy atom. The lowest BCUT2D eigenvalue weighted by atomic mass is 9.94. The van der Waals surface area contributed by atoms with E-state index in [9.17, 15) is 14.4 Å². The van der Waals surface area contributed by atoms with E-state index >= 15 is 0 Å². The van der Waals surface area contributed by atoms with Gasteiger partial charge in [-0.05, 0) is 43.2 Å². The predicted molar refractivity (Wildman–Crippen MR) is 125 cm³/mol. The standard InChI is InChI=1S/C25H29N3O5/c1-4-14-28-17(2)21(24(30)33-16-15-32-3)22(27-25(28)31)18-10-12-20(13-11-18)26-23(29)19-8-6-5-7-9-19/h5-13,22H,4,14-16H2,1-3H3,(H,26,29)(H,27,31). The zero-order valence-electron chi connectivity index (χ0n) is 19.1. The van der Waals surface area contributed by atoms with E-state index in [0.29, 0.717) is 34.6 Å². The molecule has 3 rings (SSSR count). The zero-order valence-corrected chi connectivity index (χ0v) is 19.1. The molecule has 0 saturated heterocycles. The van der Waals surface area contributed by atoms with Crippen molar-refractivity contribution in [2.75, 3.05) is 32.2 Å². The van der Waals surface area contributed by atoms with Gasteiger partial charge in [0.25, 0.3) is 5.91 Å². The third kappa shape index (κ3) is 5.78. The molecule has 0 spiro atoms. The van der Waals surface area contributed by atoms with E-state index in [2.05, 4.69) is 10.6 Å². The molecule has 0 aromatic heterocycles. The molecule has 174 valence electrons. The minimum atomic E-state index is -0.667. The molecule has 0 radical (unpaired) electrons. The first-order valence-electron chi connectivity index (χ1n) is 10.9. The summed E-state index contributed by atoms with van der Waals surface area (Å²) in [5.41, 5.74) is 2.80. The van der Waals surface area contributed by atoms with Crippen LogP contribution in [0.2, 0.25) is 0 Å². The maximum Gasteiger partial charge on any atom is 0.338 e. The molecule has 1 heterocycles. The number of carbonyl (C=O) groups excluding carboxylic acids is 3. The second-order valence-electron chi connectivity index (χ2n) is 7.60. The molecule has 1 aliphatic rings. The molecular weight excluding hydrogens is 422 g/mol. The molecule has 1 atom stereocenters. The summed E-state index contributed by atoms with van der Waals surface area (Å²) >= 11 is 0. The van der Waals surface area contributed by atoms with E-state index in [1.54, 1.807) is 60.4 Å². The molecule has 1 unspecified atom stereocenters. The lowest BCUT2D eigenvalue weighted by Crippen LogP contribution is -2.48. The van der Waals surface area contributed by atoms with Gasteiger partial charge in [-0.25, -0.2) is 9.59 Å². The minimum Gasteiger partial charge on any atom is -0.460 e. The van der Waals surface area contributed by atoms with E-state index in [-0.39, 0.29) is 25.2 Å². The average molecular weight is 452 g/mol. The summed E-state index contributed by atoms with van der Waals surface area (Å²) in [7, 11) is 1.53. The Labute approximate surface area is 193 Å². The molecular formula is C25H29N3O5. The number of amides is 3. The number of carbonyl (C=O) groups is 3. The van der Waals surface area contributed by atoms with E-state index in [1.807, 2.05) is 13.0 Å². The lowest BCUT2D eigenvalue weighted by Gasteiger charge is -2.35. The molecule has 8 nitrogen and oxygen atoms in total. The molecule has 33 heavy (non-hydrogen) atoms. The van der Waals surface area contributed by atoms with Gasteiger partial charge in [0.15, 0.2) is 0 Å². The van der Waals surface area contributed by atoms with Crippen LogP contribution < -0.4 is 10.6 Å². The fourth-order valence-electron chi connectivity index (χ4n) is 3.64. The highest BCUT2D eigenvalue weighted by Crippen LogP contribution is 2.32. The number of esters is 1. The zero-order chi connectivity index (χ0) is 23.8. The van der Waals surface area contributed by atoms with Gasteiger partial charge < -0.3 is 20.1 Å². The van der Waals surface area contributed by atoms with Gasteiger partial charge in [0, 0.05) is 30.6 Å². The number of rotatable bonds is 9. The lowest BCUT2D eigenvalue weighted by molar-refractivity contribution is -0.140. The van der Waals surface area contributed by atoms with E-state index in [0.717, 1.165) is 6.42 Å². The van der Waals surface area contributed by atoms with Crippen LogP contribution in [0.4, 0.5) is 10.5 Å². The fraction of sp³-hybridized carbons (Fsp3) is 0.320. The van der Waals surface area contributed by atoms with Crippen LogP contribution in [0.3, 0.4) is 0 Å². The molecule has 0 fully saturated rings. The Kier molecular flexibility index (Phi) is 8.21. The summed E-state index contributed by atoms with van der Waals surface area (Å²) in [6, 6.07) is 15.0. The van der Waals surface area contributed by atoms with Crippen molar-refractivity contribution in [1.82, 2.24) is 10.2 Å². The van der Waals surface area contributed by atoms with Gasteiger partial charge in [0.05, 0.1) is 18.2 Å². The van der Waals surface area contributed by atoms with Crippen molar-refractivity contribution in [3.05, 3.63) is 77.0 Å². The SMILES string of the molecule is CCCN1C(=O)NC(c2ccc(NC(=O)c3ccccc3)cc2)C(C(=O)OCCOC)=C1C. The third-order valence-electron chi connectivity index (χ3n) is 5.32. The van der Waals surface area contributed by atoms with Gasteiger partial charge in [-0.2, -0.15) is 0 Å². The molecule has 2 N–H and O–H groups in total. The van der Waals surface area contributed by atoms with E-state index < -0.39 is 12.0 Å². The summed E-state index contributed by atoms with van der Waals surface area (Å²) in [6.45, 7) is 4.60. The van der Waals surface area contributed by atoms with Crippen LogP contribution in [0.1, 0.15) is 42.2 Å². The first-order chi connectivity index (χ1) is 16.0. The summed E-state index contributed by atoms with van der Waals surface area (Å²) in [6.07, 6.45) is 0.747. The number of anilines is 1. The van der Waals surface area contributed by atoms with Gasteiger partial charge >= 0.3 is 12.0 Å². The van der Waals surface area contributed by atoms with Crippen molar-refractivity contribution in [3.8, 4) is 0 Å². The highest BCUT2D eigenvalue weighted by Gasteiger charge is 2.36. The van der Waals surface area contributed by atoms with Crippen molar-refractivity contribution < 1.29 is 23.9 Å². The van der Waals surface area contributed by atoms with Crippen molar-refractivity contribution in [2.45, 2.75) is 26.3 Å². The van der Waals surface area contributed by atoms with Crippen LogP contribution in [-0.4, -0.2) is 49.7 Å². The van der Waals surface area contributed by atoms with Gasteiger partial charge in [-0.3, -0.25) is 9.69 Å². The smallest absolute Gasteiger partial charge is 0.338 e. The molecule has 0 aliphatic carbocycles. The number of nitrogens with one attached hydrogen (secondary N) is 2. The molecule has 1 aliphatic heterocycles. The van der Waals surface area contributed by atoms with Crippen molar-refractivity contribution >= 4 is 23.6 Å². The predicted octanol–water partition coefficient (Wildman–Crippen LogP) is 3.88. The highest BCUT2D eigenvalue weighted by atomic mass is 16.6. The second kappa shape index (κ2) is 11.3. The average Bonchev–Trinajstić information content (AvgIpc) is 2.82. The third-order valence-corrected chi connectivity index (χ3v) is 5.32. The maximum absolute atomic E-state index is 12.9. The summed E-state index contributed by atoms with van der Waals surface area (Å²) < 4.78 is 10.3. The molecule has 3 amide bonds. The Morgan fingerprint density at radius 2 is 1.76 bits per heavy atom. The summed E-state index contributed by atoms with van der Waals surface area (Å²) in [5, 5.41) is 5.76. The number of methoxy groups -OCH3 is 1. The number of urea groups is 1. The Morgan fingerprint density at radius 1 is 1.06 bits per heavy atom. The van der Waals surface area contributed by atoms with Crippen LogP contribution in [0.15, 0.2) is 65.9 Å². The molecule has 0 bridgehead atoms. The first kappa shape index (κ1) is 24.0. The molecule has 2 aromatic carbocycles.